The Morgan fingerprint density at radius 3 is 2.65 bits per heavy atom. The van der Waals surface area contributed by atoms with E-state index in [0.717, 1.165) is 5.56 Å². The van der Waals surface area contributed by atoms with Gasteiger partial charge in [0.25, 0.3) is 0 Å². The van der Waals surface area contributed by atoms with E-state index in [0.29, 0.717) is 11.3 Å². The summed E-state index contributed by atoms with van der Waals surface area (Å²) in [5.74, 6) is -0.460. The van der Waals surface area contributed by atoms with Crippen LogP contribution in [-0.4, -0.2) is 25.2 Å². The van der Waals surface area contributed by atoms with Gasteiger partial charge in [-0.1, -0.05) is 42.5 Å². The molecule has 20 heavy (non-hydrogen) atoms. The van der Waals surface area contributed by atoms with Gasteiger partial charge in [0, 0.05) is 5.70 Å². The van der Waals surface area contributed by atoms with Gasteiger partial charge in [-0.15, -0.1) is 0 Å². The van der Waals surface area contributed by atoms with Crippen LogP contribution in [0.4, 0.5) is 4.79 Å². The summed E-state index contributed by atoms with van der Waals surface area (Å²) < 4.78 is 4.76. The zero-order valence-corrected chi connectivity index (χ0v) is 11.3. The molecule has 1 aromatic carbocycles. The van der Waals surface area contributed by atoms with Gasteiger partial charge in [0.2, 0.25) is 0 Å². The maximum absolute atomic E-state index is 11.8. The van der Waals surface area contributed by atoms with Crippen molar-refractivity contribution >= 4 is 18.1 Å². The molecule has 104 valence electrons. The Morgan fingerprint density at radius 1 is 1.30 bits per heavy atom. The van der Waals surface area contributed by atoms with Gasteiger partial charge in [-0.05, 0) is 12.5 Å². The maximum atomic E-state index is 11.8. The number of hydrogen-bond donors (Lipinski definition) is 2. The first-order valence-corrected chi connectivity index (χ1v) is 6.21. The van der Waals surface area contributed by atoms with Gasteiger partial charge in [-0.25, -0.2) is 9.59 Å². The number of hydrogen-bond acceptors (Lipinski definition) is 3. The molecule has 1 heterocycles. The van der Waals surface area contributed by atoms with Crippen molar-refractivity contribution in [3.63, 3.8) is 0 Å². The SMILES string of the molecule is COC(=O)C1=C(C)NC(=O)NC1C=Cc1ccccc1. The predicted octanol–water partition coefficient (Wildman–Crippen LogP) is 1.83. The van der Waals surface area contributed by atoms with E-state index in [2.05, 4.69) is 10.6 Å². The minimum Gasteiger partial charge on any atom is -0.466 e. The third-order valence-corrected chi connectivity index (χ3v) is 2.99. The Kier molecular flexibility index (Phi) is 4.20. The number of urea groups is 1. The molecule has 1 unspecified atom stereocenters. The standard InChI is InChI=1S/C15H16N2O3/c1-10-13(14(18)20-2)12(17-15(19)16-10)9-8-11-6-4-3-5-7-11/h3-9,12H,1-2H3,(H2,16,17,19). The lowest BCUT2D eigenvalue weighted by Gasteiger charge is -2.25. The molecule has 0 aliphatic carbocycles. The van der Waals surface area contributed by atoms with Crippen molar-refractivity contribution in [2.24, 2.45) is 0 Å². The molecule has 0 fully saturated rings. The van der Waals surface area contributed by atoms with Crippen LogP contribution in [0.2, 0.25) is 0 Å². The topological polar surface area (TPSA) is 67.4 Å². The quantitative estimate of drug-likeness (QED) is 0.825. The molecule has 0 saturated heterocycles. The van der Waals surface area contributed by atoms with Crippen LogP contribution in [0.5, 0.6) is 0 Å². The number of carbonyl (C=O) groups is 2. The van der Waals surface area contributed by atoms with Crippen LogP contribution in [0.1, 0.15) is 12.5 Å². The normalized spacial score (nSPS) is 18.7. The summed E-state index contributed by atoms with van der Waals surface area (Å²) in [6, 6.07) is 8.80. The number of methoxy groups -OCH3 is 1. The molecule has 2 N–H and O–H groups in total. The third kappa shape index (κ3) is 3.06. The fourth-order valence-electron chi connectivity index (χ4n) is 2.03. The van der Waals surface area contributed by atoms with E-state index >= 15 is 0 Å². The molecule has 2 amide bonds. The average Bonchev–Trinajstić information content (AvgIpc) is 2.45. The number of rotatable bonds is 3. The first-order chi connectivity index (χ1) is 9.61. The van der Waals surface area contributed by atoms with E-state index < -0.39 is 12.0 Å². The van der Waals surface area contributed by atoms with Crippen molar-refractivity contribution < 1.29 is 14.3 Å². The molecule has 5 heteroatoms. The van der Waals surface area contributed by atoms with Crippen molar-refractivity contribution in [1.29, 1.82) is 0 Å². The van der Waals surface area contributed by atoms with Crippen LogP contribution in [0.3, 0.4) is 0 Å². The molecule has 0 radical (unpaired) electrons. The Hall–Kier alpha value is -2.56. The Balaban J connectivity index is 2.28. The van der Waals surface area contributed by atoms with E-state index in [1.165, 1.54) is 7.11 Å². The molecule has 1 aliphatic heterocycles. The second-order valence-corrected chi connectivity index (χ2v) is 4.38. The van der Waals surface area contributed by atoms with Crippen LogP contribution in [0.15, 0.2) is 47.7 Å². The van der Waals surface area contributed by atoms with Gasteiger partial charge in [-0.2, -0.15) is 0 Å². The third-order valence-electron chi connectivity index (χ3n) is 2.99. The van der Waals surface area contributed by atoms with Crippen molar-refractivity contribution in [3.8, 4) is 0 Å². The molecule has 5 nitrogen and oxygen atoms in total. The number of ether oxygens (including phenoxy) is 1. The fourth-order valence-corrected chi connectivity index (χ4v) is 2.03. The number of nitrogens with one attached hydrogen (secondary N) is 2. The molecule has 0 bridgehead atoms. The fraction of sp³-hybridized carbons (Fsp3) is 0.200. The lowest BCUT2D eigenvalue weighted by atomic mass is 10.0. The molecule has 1 atom stereocenters. The lowest BCUT2D eigenvalue weighted by molar-refractivity contribution is -0.136. The number of benzene rings is 1. The Bertz CT molecular complexity index is 576. The largest absolute Gasteiger partial charge is 0.466 e. The number of esters is 1. The van der Waals surface area contributed by atoms with Crippen LogP contribution >= 0.6 is 0 Å². The van der Waals surface area contributed by atoms with Crippen LogP contribution in [-0.2, 0) is 9.53 Å². The monoisotopic (exact) mass is 272 g/mol. The minimum absolute atomic E-state index is 0.335. The highest BCUT2D eigenvalue weighted by Gasteiger charge is 2.28. The predicted molar refractivity (Wildman–Crippen MR) is 75.6 cm³/mol. The Labute approximate surface area is 117 Å². The number of amides is 2. The van der Waals surface area contributed by atoms with Gasteiger partial charge in [0.15, 0.2) is 0 Å². The van der Waals surface area contributed by atoms with Crippen molar-refractivity contribution in [2.75, 3.05) is 7.11 Å². The zero-order chi connectivity index (χ0) is 14.5. The van der Waals surface area contributed by atoms with Gasteiger partial charge in [-0.3, -0.25) is 0 Å². The van der Waals surface area contributed by atoms with E-state index in [1.807, 2.05) is 36.4 Å². The first kappa shape index (κ1) is 13.9. The van der Waals surface area contributed by atoms with E-state index in [4.69, 9.17) is 4.74 Å². The summed E-state index contributed by atoms with van der Waals surface area (Å²) >= 11 is 0. The first-order valence-electron chi connectivity index (χ1n) is 6.21. The second-order valence-electron chi connectivity index (χ2n) is 4.38. The smallest absolute Gasteiger partial charge is 0.337 e. The maximum Gasteiger partial charge on any atom is 0.337 e. The summed E-state index contributed by atoms with van der Waals surface area (Å²) in [4.78, 5) is 23.3. The van der Waals surface area contributed by atoms with Crippen LogP contribution < -0.4 is 10.6 Å². The number of carbonyl (C=O) groups excluding carboxylic acids is 2. The van der Waals surface area contributed by atoms with Gasteiger partial charge >= 0.3 is 12.0 Å². The Morgan fingerprint density at radius 2 is 2.00 bits per heavy atom. The van der Waals surface area contributed by atoms with Crippen molar-refractivity contribution in [3.05, 3.63) is 53.2 Å². The molecule has 1 aromatic rings. The molecule has 2 rings (SSSR count). The molecule has 1 aliphatic rings. The molecular formula is C15H16N2O3. The molecule has 0 saturated carbocycles. The summed E-state index contributed by atoms with van der Waals surface area (Å²) in [5, 5.41) is 5.25. The molecular weight excluding hydrogens is 256 g/mol. The second kappa shape index (κ2) is 6.06. The van der Waals surface area contributed by atoms with E-state index in [1.54, 1.807) is 13.0 Å². The van der Waals surface area contributed by atoms with Crippen molar-refractivity contribution in [1.82, 2.24) is 10.6 Å². The summed E-state index contributed by atoms with van der Waals surface area (Å²) in [7, 11) is 1.32. The highest BCUT2D eigenvalue weighted by molar-refractivity contribution is 5.95. The van der Waals surface area contributed by atoms with Gasteiger partial charge in [0.1, 0.15) is 0 Å². The molecule has 0 spiro atoms. The minimum atomic E-state index is -0.503. The van der Waals surface area contributed by atoms with Gasteiger partial charge in [0.05, 0.1) is 18.7 Å². The zero-order valence-electron chi connectivity index (χ0n) is 11.3. The van der Waals surface area contributed by atoms with Crippen LogP contribution in [0.25, 0.3) is 6.08 Å². The highest BCUT2D eigenvalue weighted by Crippen LogP contribution is 2.16. The van der Waals surface area contributed by atoms with E-state index in [-0.39, 0.29) is 6.03 Å². The molecule has 0 aromatic heterocycles. The summed E-state index contributed by atoms with van der Waals surface area (Å²) in [6.07, 6.45) is 3.62. The summed E-state index contributed by atoms with van der Waals surface area (Å²) in [5.41, 5.74) is 1.89. The summed E-state index contributed by atoms with van der Waals surface area (Å²) in [6.45, 7) is 1.67. The number of allylic oxidation sites excluding steroid dienone is 1. The van der Waals surface area contributed by atoms with E-state index in [9.17, 15) is 9.59 Å². The average molecular weight is 272 g/mol. The van der Waals surface area contributed by atoms with Gasteiger partial charge < -0.3 is 15.4 Å². The van der Waals surface area contributed by atoms with Crippen molar-refractivity contribution in [2.45, 2.75) is 13.0 Å². The van der Waals surface area contributed by atoms with Crippen LogP contribution in [0, 0.1) is 0 Å². The highest BCUT2D eigenvalue weighted by atomic mass is 16.5. The lowest BCUT2D eigenvalue weighted by Crippen LogP contribution is -2.49.